The van der Waals surface area contributed by atoms with Crippen LogP contribution in [-0.4, -0.2) is 4.98 Å². The molecule has 3 aromatic rings. The second-order valence-corrected chi connectivity index (χ2v) is 5.15. The van der Waals surface area contributed by atoms with Gasteiger partial charge in [0, 0.05) is 34.2 Å². The number of pyridine rings is 1. The lowest BCUT2D eigenvalue weighted by Gasteiger charge is -2.09. The molecule has 0 aliphatic rings. The molecule has 1 aromatic heterocycles. The number of rotatable bonds is 3. The van der Waals surface area contributed by atoms with E-state index >= 15 is 0 Å². The number of nitrogens with one attached hydrogen (secondary N) is 2. The molecule has 0 spiro atoms. The molecule has 0 aliphatic carbocycles. The lowest BCUT2D eigenvalue weighted by molar-refractivity contribution is 0.628. The Morgan fingerprint density at radius 1 is 1.10 bits per heavy atom. The predicted molar refractivity (Wildman–Crippen MR) is 83.3 cm³/mol. The number of aromatic nitrogens is 1. The summed E-state index contributed by atoms with van der Waals surface area (Å²) in [5, 5.41) is 4.66. The summed E-state index contributed by atoms with van der Waals surface area (Å²) in [7, 11) is 0. The van der Waals surface area contributed by atoms with Gasteiger partial charge in [0.1, 0.15) is 5.82 Å². The summed E-state index contributed by atoms with van der Waals surface area (Å²) in [6.07, 6.45) is 0. The van der Waals surface area contributed by atoms with Crippen LogP contribution in [0.1, 0.15) is 5.56 Å². The second kappa shape index (κ2) is 5.58. The predicted octanol–water partition coefficient (Wildman–Crippen LogP) is 3.93. The third kappa shape index (κ3) is 3.06. The monoisotopic (exact) mass is 302 g/mol. The standard InChI is InChI=1S/C16H12ClFN2O/c17-11-1-6-15-14(8-11)10(7-16(21)20-15)9-19-13-4-2-12(18)3-5-13/h1-8,19H,9H2,(H,20,21). The summed E-state index contributed by atoms with van der Waals surface area (Å²) in [6.45, 7) is 0.451. The maximum atomic E-state index is 12.9. The van der Waals surface area contributed by atoms with Gasteiger partial charge in [-0.2, -0.15) is 0 Å². The highest BCUT2D eigenvalue weighted by Gasteiger charge is 2.04. The topological polar surface area (TPSA) is 44.9 Å². The molecule has 106 valence electrons. The molecule has 21 heavy (non-hydrogen) atoms. The van der Waals surface area contributed by atoms with Crippen LogP contribution in [0.15, 0.2) is 53.3 Å². The van der Waals surface area contributed by atoms with Gasteiger partial charge in [-0.25, -0.2) is 4.39 Å². The molecule has 0 saturated carbocycles. The molecule has 2 N–H and O–H groups in total. The van der Waals surface area contributed by atoms with E-state index in [1.165, 1.54) is 18.2 Å². The van der Waals surface area contributed by atoms with Crippen molar-refractivity contribution < 1.29 is 4.39 Å². The molecular formula is C16H12ClFN2O. The van der Waals surface area contributed by atoms with Gasteiger partial charge in [0.15, 0.2) is 0 Å². The number of anilines is 1. The normalized spacial score (nSPS) is 10.8. The van der Waals surface area contributed by atoms with Gasteiger partial charge in [-0.1, -0.05) is 11.6 Å². The molecule has 0 fully saturated rings. The van der Waals surface area contributed by atoms with Gasteiger partial charge in [0.2, 0.25) is 5.56 Å². The highest BCUT2D eigenvalue weighted by atomic mass is 35.5. The van der Waals surface area contributed by atoms with Crippen molar-refractivity contribution in [2.75, 3.05) is 5.32 Å². The highest BCUT2D eigenvalue weighted by Crippen LogP contribution is 2.21. The van der Waals surface area contributed by atoms with Crippen molar-refractivity contribution in [1.82, 2.24) is 4.98 Å². The van der Waals surface area contributed by atoms with Gasteiger partial charge in [-0.15, -0.1) is 0 Å². The number of H-pyrrole nitrogens is 1. The van der Waals surface area contributed by atoms with Crippen LogP contribution in [0.5, 0.6) is 0 Å². The largest absolute Gasteiger partial charge is 0.381 e. The summed E-state index contributed by atoms with van der Waals surface area (Å²) in [6, 6.07) is 12.9. The quantitative estimate of drug-likeness (QED) is 0.770. The van der Waals surface area contributed by atoms with E-state index in [1.807, 2.05) is 6.07 Å². The summed E-state index contributed by atoms with van der Waals surface area (Å²) >= 11 is 6.01. The smallest absolute Gasteiger partial charge is 0.248 e. The van der Waals surface area contributed by atoms with Crippen molar-refractivity contribution in [2.45, 2.75) is 6.54 Å². The molecular weight excluding hydrogens is 291 g/mol. The third-order valence-corrected chi connectivity index (χ3v) is 3.45. The minimum Gasteiger partial charge on any atom is -0.381 e. The first-order chi connectivity index (χ1) is 10.1. The van der Waals surface area contributed by atoms with E-state index in [2.05, 4.69) is 10.3 Å². The van der Waals surface area contributed by atoms with Crippen LogP contribution in [0.2, 0.25) is 5.02 Å². The molecule has 2 aromatic carbocycles. The number of hydrogen-bond donors (Lipinski definition) is 2. The molecule has 0 amide bonds. The number of benzene rings is 2. The third-order valence-electron chi connectivity index (χ3n) is 3.22. The number of aromatic amines is 1. The number of halogens is 2. The number of hydrogen-bond acceptors (Lipinski definition) is 2. The fraction of sp³-hybridized carbons (Fsp3) is 0.0625. The second-order valence-electron chi connectivity index (χ2n) is 4.71. The van der Waals surface area contributed by atoms with Crippen molar-refractivity contribution in [1.29, 1.82) is 0 Å². The first-order valence-electron chi connectivity index (χ1n) is 6.43. The zero-order valence-corrected chi connectivity index (χ0v) is 11.7. The van der Waals surface area contributed by atoms with Crippen LogP contribution in [0.25, 0.3) is 10.9 Å². The molecule has 1 heterocycles. The van der Waals surface area contributed by atoms with Crippen molar-refractivity contribution in [3.8, 4) is 0 Å². The first-order valence-corrected chi connectivity index (χ1v) is 6.80. The first kappa shape index (κ1) is 13.6. The van der Waals surface area contributed by atoms with E-state index in [0.717, 1.165) is 22.2 Å². The van der Waals surface area contributed by atoms with Crippen molar-refractivity contribution in [3.05, 3.63) is 75.3 Å². The van der Waals surface area contributed by atoms with Crippen molar-refractivity contribution >= 4 is 28.2 Å². The van der Waals surface area contributed by atoms with Crippen LogP contribution < -0.4 is 10.9 Å². The highest BCUT2D eigenvalue weighted by molar-refractivity contribution is 6.31. The molecule has 5 heteroatoms. The van der Waals surface area contributed by atoms with Gasteiger partial charge < -0.3 is 10.3 Å². The lowest BCUT2D eigenvalue weighted by Crippen LogP contribution is -2.09. The number of fused-ring (bicyclic) bond motifs is 1. The molecule has 0 unspecified atom stereocenters. The summed E-state index contributed by atoms with van der Waals surface area (Å²) in [5.41, 5.74) is 2.19. The van der Waals surface area contributed by atoms with E-state index in [0.29, 0.717) is 11.6 Å². The molecule has 0 saturated heterocycles. The Bertz CT molecular complexity index is 843. The SMILES string of the molecule is O=c1cc(CNc2ccc(F)cc2)c2cc(Cl)ccc2[nH]1. The van der Waals surface area contributed by atoms with Crippen LogP contribution in [-0.2, 0) is 6.54 Å². The van der Waals surface area contributed by atoms with Gasteiger partial charge in [0.25, 0.3) is 0 Å². The molecule has 3 rings (SSSR count). The fourth-order valence-electron chi connectivity index (χ4n) is 2.21. The fourth-order valence-corrected chi connectivity index (χ4v) is 2.38. The van der Waals surface area contributed by atoms with Gasteiger partial charge >= 0.3 is 0 Å². The summed E-state index contributed by atoms with van der Waals surface area (Å²) in [4.78, 5) is 14.5. The zero-order chi connectivity index (χ0) is 14.8. The average molecular weight is 303 g/mol. The van der Waals surface area contributed by atoms with E-state index < -0.39 is 0 Å². The van der Waals surface area contributed by atoms with E-state index in [-0.39, 0.29) is 11.4 Å². The maximum Gasteiger partial charge on any atom is 0.248 e. The van der Waals surface area contributed by atoms with Crippen LogP contribution in [0, 0.1) is 5.82 Å². The van der Waals surface area contributed by atoms with Crippen molar-refractivity contribution in [2.24, 2.45) is 0 Å². The van der Waals surface area contributed by atoms with E-state index in [4.69, 9.17) is 11.6 Å². The molecule has 3 nitrogen and oxygen atoms in total. The van der Waals surface area contributed by atoms with E-state index in [1.54, 1.807) is 24.3 Å². The Kier molecular flexibility index (Phi) is 3.62. The maximum absolute atomic E-state index is 12.9. The minimum absolute atomic E-state index is 0.166. The van der Waals surface area contributed by atoms with Gasteiger partial charge in [0.05, 0.1) is 0 Å². The Hall–Kier alpha value is -2.33. The van der Waals surface area contributed by atoms with E-state index in [9.17, 15) is 9.18 Å². The lowest BCUT2D eigenvalue weighted by atomic mass is 10.1. The summed E-state index contributed by atoms with van der Waals surface area (Å²) in [5.74, 6) is -0.283. The average Bonchev–Trinajstić information content (AvgIpc) is 2.47. The van der Waals surface area contributed by atoms with Gasteiger partial charge in [-0.05, 0) is 48.0 Å². The Morgan fingerprint density at radius 3 is 2.62 bits per heavy atom. The molecule has 0 radical (unpaired) electrons. The zero-order valence-electron chi connectivity index (χ0n) is 11.0. The van der Waals surface area contributed by atoms with Crippen molar-refractivity contribution in [3.63, 3.8) is 0 Å². The molecule has 0 atom stereocenters. The van der Waals surface area contributed by atoms with Crippen LogP contribution in [0.3, 0.4) is 0 Å². The summed E-state index contributed by atoms with van der Waals surface area (Å²) < 4.78 is 12.9. The Morgan fingerprint density at radius 2 is 1.86 bits per heavy atom. The van der Waals surface area contributed by atoms with Gasteiger partial charge in [-0.3, -0.25) is 4.79 Å². The van der Waals surface area contributed by atoms with Crippen LogP contribution >= 0.6 is 11.6 Å². The Labute approximate surface area is 125 Å². The Balaban J connectivity index is 1.94. The minimum atomic E-state index is -0.283. The van der Waals surface area contributed by atoms with Crippen LogP contribution in [0.4, 0.5) is 10.1 Å². The molecule has 0 bridgehead atoms. The molecule has 0 aliphatic heterocycles.